The number of carbonyl (C=O) groups excluding carboxylic acids is 1. The Bertz CT molecular complexity index is 995. The molecule has 6 nitrogen and oxygen atoms in total. The maximum atomic E-state index is 12.8. The van der Waals surface area contributed by atoms with Crippen LogP contribution in [0.2, 0.25) is 0 Å². The van der Waals surface area contributed by atoms with Crippen LogP contribution in [0.15, 0.2) is 45.6 Å². The minimum atomic E-state index is -1.06. The smallest absolute Gasteiger partial charge is 0.345 e. The van der Waals surface area contributed by atoms with Gasteiger partial charge in [-0.05, 0) is 31.6 Å². The van der Waals surface area contributed by atoms with Crippen molar-refractivity contribution in [3.05, 3.63) is 52.4 Å². The number of rotatable bonds is 3. The number of carbonyl (C=O) groups is 1. The number of esters is 1. The summed E-state index contributed by atoms with van der Waals surface area (Å²) in [5, 5.41) is 11.2. The van der Waals surface area contributed by atoms with Gasteiger partial charge in [-0.3, -0.25) is 4.79 Å². The predicted molar refractivity (Wildman–Crippen MR) is 111 cm³/mol. The van der Waals surface area contributed by atoms with Crippen LogP contribution in [-0.2, 0) is 9.53 Å². The number of ether oxygens (including phenoxy) is 2. The van der Waals surface area contributed by atoms with Crippen LogP contribution >= 0.6 is 0 Å². The van der Waals surface area contributed by atoms with Crippen LogP contribution in [0.5, 0.6) is 5.75 Å². The van der Waals surface area contributed by atoms with Gasteiger partial charge in [-0.1, -0.05) is 44.2 Å². The van der Waals surface area contributed by atoms with E-state index >= 15 is 0 Å². The molecule has 2 aliphatic rings. The fourth-order valence-electron chi connectivity index (χ4n) is 4.91. The zero-order valence-electron chi connectivity index (χ0n) is 17.8. The summed E-state index contributed by atoms with van der Waals surface area (Å²) in [4.78, 5) is 24.7. The molecule has 1 aliphatic heterocycles. The van der Waals surface area contributed by atoms with Crippen molar-refractivity contribution >= 4 is 5.97 Å². The third kappa shape index (κ3) is 3.43. The van der Waals surface area contributed by atoms with Crippen molar-refractivity contribution in [3.8, 4) is 17.1 Å². The lowest BCUT2D eigenvalue weighted by Gasteiger charge is -2.53. The zero-order valence-corrected chi connectivity index (χ0v) is 17.8. The maximum absolute atomic E-state index is 12.8. The van der Waals surface area contributed by atoms with Gasteiger partial charge in [0.15, 0.2) is 0 Å². The highest BCUT2D eigenvalue weighted by molar-refractivity contribution is 5.66. The Morgan fingerprint density at radius 2 is 1.93 bits per heavy atom. The lowest BCUT2D eigenvalue weighted by molar-refractivity contribution is -0.194. The van der Waals surface area contributed by atoms with Gasteiger partial charge < -0.3 is 19.0 Å². The van der Waals surface area contributed by atoms with E-state index in [0.29, 0.717) is 24.5 Å². The van der Waals surface area contributed by atoms with Crippen molar-refractivity contribution in [2.24, 2.45) is 17.8 Å². The molecule has 1 fully saturated rings. The molecule has 0 bridgehead atoms. The first-order valence-corrected chi connectivity index (χ1v) is 10.5. The Hall–Kier alpha value is -2.60. The van der Waals surface area contributed by atoms with Crippen LogP contribution < -0.4 is 10.4 Å². The lowest BCUT2D eigenvalue weighted by Crippen LogP contribution is -2.61. The second kappa shape index (κ2) is 7.58. The predicted octanol–water partition coefficient (Wildman–Crippen LogP) is 4.11. The highest BCUT2D eigenvalue weighted by atomic mass is 16.6. The van der Waals surface area contributed by atoms with Crippen molar-refractivity contribution in [3.63, 3.8) is 0 Å². The molecule has 6 heteroatoms. The van der Waals surface area contributed by atoms with Gasteiger partial charge in [0, 0.05) is 24.5 Å². The molecule has 30 heavy (non-hydrogen) atoms. The molecular weight excluding hydrogens is 384 g/mol. The van der Waals surface area contributed by atoms with Crippen molar-refractivity contribution in [1.82, 2.24) is 0 Å². The average Bonchev–Trinajstić information content (AvgIpc) is 2.68. The van der Waals surface area contributed by atoms with Gasteiger partial charge in [0.05, 0.1) is 6.10 Å². The molecule has 1 N–H and O–H groups in total. The molecule has 4 rings (SSSR count). The van der Waals surface area contributed by atoms with Gasteiger partial charge in [0.2, 0.25) is 0 Å². The van der Waals surface area contributed by atoms with Gasteiger partial charge in [0.25, 0.3) is 0 Å². The molecule has 1 saturated carbocycles. The van der Waals surface area contributed by atoms with E-state index in [-0.39, 0.29) is 29.1 Å². The second-order valence-corrected chi connectivity index (χ2v) is 8.95. The SMILES string of the molecule is CC(=O)O[C@H]1C[C@@H](C(C)C)C[C@H]2[C@@H](O)c3c(cc(-c4ccccc4)oc3=O)O[C@]12C. The summed E-state index contributed by atoms with van der Waals surface area (Å²) < 4.78 is 17.6. The van der Waals surface area contributed by atoms with Crippen LogP contribution in [0.4, 0.5) is 0 Å². The summed E-state index contributed by atoms with van der Waals surface area (Å²) >= 11 is 0. The Morgan fingerprint density at radius 3 is 2.57 bits per heavy atom. The van der Waals surface area contributed by atoms with E-state index in [4.69, 9.17) is 13.9 Å². The molecule has 0 spiro atoms. The van der Waals surface area contributed by atoms with Crippen molar-refractivity contribution in [1.29, 1.82) is 0 Å². The van der Waals surface area contributed by atoms with E-state index in [1.807, 2.05) is 37.3 Å². The van der Waals surface area contributed by atoms with Crippen LogP contribution in [0.1, 0.15) is 52.2 Å². The van der Waals surface area contributed by atoms with Crippen LogP contribution in [0.3, 0.4) is 0 Å². The number of hydrogen-bond donors (Lipinski definition) is 1. The summed E-state index contributed by atoms with van der Waals surface area (Å²) in [5.41, 5.74) is -0.659. The Balaban J connectivity index is 1.81. The van der Waals surface area contributed by atoms with Crippen LogP contribution in [0.25, 0.3) is 11.3 Å². The van der Waals surface area contributed by atoms with Gasteiger partial charge in [-0.25, -0.2) is 4.79 Å². The van der Waals surface area contributed by atoms with E-state index in [0.717, 1.165) is 5.56 Å². The van der Waals surface area contributed by atoms with Crippen molar-refractivity contribution in [2.75, 3.05) is 0 Å². The highest BCUT2D eigenvalue weighted by Gasteiger charge is 2.57. The summed E-state index contributed by atoms with van der Waals surface area (Å²) in [6, 6.07) is 10.9. The summed E-state index contributed by atoms with van der Waals surface area (Å²) in [6.07, 6.45) is -0.248. The average molecular weight is 412 g/mol. The van der Waals surface area contributed by atoms with E-state index in [9.17, 15) is 14.7 Å². The minimum absolute atomic E-state index is 0.142. The number of hydrogen-bond acceptors (Lipinski definition) is 6. The van der Waals surface area contributed by atoms with Gasteiger partial charge in [-0.15, -0.1) is 0 Å². The Morgan fingerprint density at radius 1 is 1.23 bits per heavy atom. The van der Waals surface area contributed by atoms with E-state index in [1.165, 1.54) is 6.92 Å². The third-order valence-electron chi connectivity index (χ3n) is 6.72. The Kier molecular flexibility index (Phi) is 5.22. The summed E-state index contributed by atoms with van der Waals surface area (Å²) in [6.45, 7) is 7.48. The molecule has 160 valence electrons. The molecule has 1 aromatic heterocycles. The van der Waals surface area contributed by atoms with Crippen LogP contribution in [-0.4, -0.2) is 22.8 Å². The zero-order chi connectivity index (χ0) is 21.6. The molecule has 0 unspecified atom stereocenters. The quantitative estimate of drug-likeness (QED) is 0.764. The molecule has 0 amide bonds. The van der Waals surface area contributed by atoms with E-state index in [1.54, 1.807) is 6.07 Å². The second-order valence-electron chi connectivity index (χ2n) is 8.95. The molecule has 5 atom stereocenters. The number of aliphatic hydroxyl groups excluding tert-OH is 1. The largest absolute Gasteiger partial charge is 0.482 e. The minimum Gasteiger partial charge on any atom is -0.482 e. The lowest BCUT2D eigenvalue weighted by atomic mass is 9.63. The highest BCUT2D eigenvalue weighted by Crippen LogP contribution is 2.53. The number of fused-ring (bicyclic) bond motifs is 2. The first-order chi connectivity index (χ1) is 14.2. The maximum Gasteiger partial charge on any atom is 0.345 e. The van der Waals surface area contributed by atoms with Crippen LogP contribution in [0, 0.1) is 17.8 Å². The normalized spacial score (nSPS) is 30.2. The van der Waals surface area contributed by atoms with Gasteiger partial charge in [-0.2, -0.15) is 0 Å². The number of benzene rings is 1. The molecule has 1 aromatic carbocycles. The molecule has 2 heterocycles. The fourth-order valence-corrected chi connectivity index (χ4v) is 4.91. The third-order valence-corrected chi connectivity index (χ3v) is 6.72. The number of aliphatic hydroxyl groups is 1. The van der Waals surface area contributed by atoms with E-state index < -0.39 is 23.4 Å². The standard InChI is InChI=1S/C24H28O6/c1-13(2)16-10-17-22(26)21-19(30-24(17,4)20(11-16)28-14(3)25)12-18(29-23(21)27)15-8-6-5-7-9-15/h5-9,12-13,16-17,20,22,26H,10-11H2,1-4H3/t16-,17-,20-,22+,24-/m0/s1. The molecule has 0 saturated heterocycles. The van der Waals surface area contributed by atoms with Crippen molar-refractivity contribution in [2.45, 2.75) is 58.3 Å². The van der Waals surface area contributed by atoms with Gasteiger partial charge in [0.1, 0.15) is 28.8 Å². The van der Waals surface area contributed by atoms with Crippen molar-refractivity contribution < 1.29 is 23.8 Å². The Labute approximate surface area is 175 Å². The molecule has 2 aromatic rings. The summed E-state index contributed by atoms with van der Waals surface area (Å²) in [5.74, 6) is 0.470. The first-order valence-electron chi connectivity index (χ1n) is 10.5. The molecular formula is C24H28O6. The topological polar surface area (TPSA) is 86.0 Å². The van der Waals surface area contributed by atoms with Gasteiger partial charge >= 0.3 is 11.6 Å². The molecule has 0 radical (unpaired) electrons. The molecule has 1 aliphatic carbocycles. The summed E-state index contributed by atoms with van der Waals surface area (Å²) in [7, 11) is 0. The first kappa shape index (κ1) is 20.7. The monoisotopic (exact) mass is 412 g/mol. The van der Waals surface area contributed by atoms with E-state index in [2.05, 4.69) is 13.8 Å². The fraction of sp³-hybridized carbons (Fsp3) is 0.500.